The highest BCUT2D eigenvalue weighted by atomic mass is 32.1. The fourth-order valence-electron chi connectivity index (χ4n) is 4.90. The first-order valence-corrected chi connectivity index (χ1v) is 17.0. The lowest BCUT2D eigenvalue weighted by atomic mass is 9.95. The second-order valence-corrected chi connectivity index (χ2v) is 13.8. The van der Waals surface area contributed by atoms with Crippen LogP contribution >= 0.6 is 19.2 Å². The molecule has 0 radical (unpaired) electrons. The third-order valence-electron chi connectivity index (χ3n) is 6.87. The quantitative estimate of drug-likeness (QED) is 0.160. The molecule has 1 amide bonds. The van der Waals surface area contributed by atoms with Crippen LogP contribution in [0.3, 0.4) is 0 Å². The third-order valence-corrected chi connectivity index (χ3v) is 9.11. The lowest BCUT2D eigenvalue weighted by Gasteiger charge is -2.24. The monoisotopic (exact) mass is 678 g/mol. The number of thiazole rings is 1. The zero-order chi connectivity index (χ0) is 33.2. The topological polar surface area (TPSA) is 153 Å². The first-order chi connectivity index (χ1) is 21.7. The van der Waals surface area contributed by atoms with Crippen LogP contribution in [0.2, 0.25) is 0 Å². The first kappa shape index (κ1) is 33.8. The van der Waals surface area contributed by atoms with E-state index in [0.717, 1.165) is 30.7 Å². The van der Waals surface area contributed by atoms with E-state index in [9.17, 15) is 23.0 Å². The number of phosphoric acid groups is 1. The molecule has 0 spiro atoms. The van der Waals surface area contributed by atoms with E-state index in [1.807, 2.05) is 6.92 Å². The minimum atomic E-state index is -4.38. The number of hydrazone groups is 1. The molecule has 4 heterocycles. The number of hydrogen-bond donors (Lipinski definition) is 2. The molecule has 2 atom stereocenters. The zero-order valence-electron chi connectivity index (χ0n) is 25.9. The van der Waals surface area contributed by atoms with E-state index in [2.05, 4.69) is 25.5 Å². The molecule has 13 nitrogen and oxygen atoms in total. The average molecular weight is 679 g/mol. The Balaban J connectivity index is 1.34. The molecule has 0 saturated heterocycles. The molecular formula is C29H35F2N7O6PS+. The summed E-state index contributed by atoms with van der Waals surface area (Å²) in [4.78, 5) is 31.5. The Labute approximate surface area is 268 Å². The Morgan fingerprint density at radius 1 is 1.26 bits per heavy atom. The predicted molar refractivity (Wildman–Crippen MR) is 165 cm³/mol. The summed E-state index contributed by atoms with van der Waals surface area (Å²) in [7, 11) is -4.38. The molecule has 1 aliphatic heterocycles. The van der Waals surface area contributed by atoms with E-state index in [4.69, 9.17) is 13.8 Å². The molecule has 0 bridgehead atoms. The summed E-state index contributed by atoms with van der Waals surface area (Å²) in [6.45, 7) is 8.99. The maximum atomic E-state index is 14.8. The summed E-state index contributed by atoms with van der Waals surface area (Å²) in [5, 5.41) is 13.4. The fourth-order valence-corrected chi connectivity index (χ4v) is 6.89. The Kier molecular flexibility index (Phi) is 10.1. The molecule has 46 heavy (non-hydrogen) atoms. The van der Waals surface area contributed by atoms with Crippen molar-refractivity contribution in [1.29, 1.82) is 0 Å². The molecule has 0 aromatic carbocycles. The van der Waals surface area contributed by atoms with Crippen molar-refractivity contribution < 1.29 is 41.5 Å². The standard InChI is InChI=1S/C29H34F2N7O6PS/c1-6-42-20-9-7-19(8-10-20)38-15-22(26(36-38)25-21(30)11-12-24(31)35-25)33-27(39)23-16-46-28(34-23)18-13-32-37(14-18)17(2)43-45(40,41)44-29(3,4)5/h11-17,20H,6-10H2,1-5H3,(H-,33,39,40,41)/p+1. The molecule has 2 unspecified atom stereocenters. The molecule has 3 aromatic heterocycles. The number of rotatable bonds is 10. The molecule has 5 rings (SSSR count). The highest BCUT2D eigenvalue weighted by Crippen LogP contribution is 2.50. The molecule has 2 N–H and O–H groups in total. The van der Waals surface area contributed by atoms with Gasteiger partial charge < -0.3 is 14.9 Å². The van der Waals surface area contributed by atoms with Gasteiger partial charge in [-0.1, -0.05) is 4.68 Å². The molecule has 1 aliphatic carbocycles. The summed E-state index contributed by atoms with van der Waals surface area (Å²) in [6.07, 6.45) is 6.75. The van der Waals surface area contributed by atoms with Crippen LogP contribution in [0.4, 0.5) is 8.78 Å². The van der Waals surface area contributed by atoms with Crippen LogP contribution in [0.5, 0.6) is 0 Å². The van der Waals surface area contributed by atoms with Crippen molar-refractivity contribution in [3.8, 4) is 10.6 Å². The van der Waals surface area contributed by atoms with Gasteiger partial charge in [0.25, 0.3) is 5.91 Å². The number of halogens is 2. The predicted octanol–water partition coefficient (Wildman–Crippen LogP) is 5.55. The van der Waals surface area contributed by atoms with E-state index in [1.54, 1.807) is 37.9 Å². The Bertz CT molecular complexity index is 1760. The van der Waals surface area contributed by atoms with Crippen molar-refractivity contribution in [2.75, 3.05) is 6.61 Å². The fraction of sp³-hybridized carbons (Fsp3) is 0.448. The lowest BCUT2D eigenvalue weighted by molar-refractivity contribution is -0.461. The van der Waals surface area contributed by atoms with Gasteiger partial charge in [0.05, 0.1) is 17.9 Å². The summed E-state index contributed by atoms with van der Waals surface area (Å²) in [6, 6.07) is 1.87. The zero-order valence-corrected chi connectivity index (χ0v) is 27.6. The number of phosphoric ester groups is 1. The number of carbonyl (C=O) groups is 1. The van der Waals surface area contributed by atoms with Gasteiger partial charge in [-0.05, 0) is 59.6 Å². The highest BCUT2D eigenvalue weighted by molar-refractivity contribution is 7.47. The van der Waals surface area contributed by atoms with Gasteiger partial charge in [-0.15, -0.1) is 11.3 Å². The second kappa shape index (κ2) is 13.7. The van der Waals surface area contributed by atoms with Crippen molar-refractivity contribution in [1.82, 2.24) is 25.1 Å². The number of amides is 1. The van der Waals surface area contributed by atoms with Crippen LogP contribution in [0.25, 0.3) is 10.6 Å². The van der Waals surface area contributed by atoms with Crippen LogP contribution < -0.4 is 5.32 Å². The molecule has 3 aromatic rings. The van der Waals surface area contributed by atoms with E-state index < -0.39 is 37.3 Å². The molecule has 246 valence electrons. The third kappa shape index (κ3) is 8.24. The van der Waals surface area contributed by atoms with Gasteiger partial charge in [-0.3, -0.25) is 13.8 Å². The van der Waals surface area contributed by atoms with E-state index >= 15 is 0 Å². The summed E-state index contributed by atoms with van der Waals surface area (Å²) in [5.74, 6) is -2.28. The van der Waals surface area contributed by atoms with Crippen LogP contribution in [-0.4, -0.2) is 65.0 Å². The van der Waals surface area contributed by atoms with E-state index in [-0.39, 0.29) is 28.9 Å². The van der Waals surface area contributed by atoms with Crippen LogP contribution in [0.15, 0.2) is 46.9 Å². The maximum absolute atomic E-state index is 14.8. The minimum absolute atomic E-state index is 0.0212. The first-order valence-electron chi connectivity index (χ1n) is 14.6. The number of pyridine rings is 1. The molecule has 17 heteroatoms. The van der Waals surface area contributed by atoms with Crippen LogP contribution in [0.1, 0.15) is 82.7 Å². The average Bonchev–Trinajstić information content (AvgIpc) is 3.73. The molecule has 1 saturated carbocycles. The number of nitrogens with zero attached hydrogens (tertiary/aromatic N) is 6. The molecule has 2 aliphatic rings. The second-order valence-electron chi connectivity index (χ2n) is 11.6. The largest absolute Gasteiger partial charge is 0.474 e. The SMILES string of the molecule is CCOC1CCC(=[N+]2C=C(NC(=O)c3csc(-c4cnn(C(C)OP(=O)(O)OC(C)(C)C)c4)n3)C(c3nc(F)ccc3F)=N2)CC1. The van der Waals surface area contributed by atoms with Gasteiger partial charge in [-0.2, -0.15) is 9.49 Å². The van der Waals surface area contributed by atoms with Gasteiger partial charge in [0.2, 0.25) is 12.1 Å². The highest BCUT2D eigenvalue weighted by Gasteiger charge is 2.34. The number of carbonyl (C=O) groups excluding carboxylic acids is 1. The lowest BCUT2D eigenvalue weighted by Crippen LogP contribution is -2.28. The number of aromatic nitrogens is 4. The van der Waals surface area contributed by atoms with E-state index in [0.29, 0.717) is 30.0 Å². The summed E-state index contributed by atoms with van der Waals surface area (Å²) < 4.78 is 60.2. The van der Waals surface area contributed by atoms with Crippen molar-refractivity contribution in [3.63, 3.8) is 0 Å². The van der Waals surface area contributed by atoms with Crippen molar-refractivity contribution in [3.05, 3.63) is 65.0 Å². The number of hydrogen-bond acceptors (Lipinski definition) is 10. The number of allylic oxidation sites excluding steroid dienone is 1. The van der Waals surface area contributed by atoms with Gasteiger partial charge in [0.1, 0.15) is 22.1 Å². The van der Waals surface area contributed by atoms with Gasteiger partial charge in [0.15, 0.2) is 23.5 Å². The van der Waals surface area contributed by atoms with Crippen LogP contribution in [0, 0.1) is 11.8 Å². The van der Waals surface area contributed by atoms with Gasteiger partial charge in [-0.25, -0.2) is 23.6 Å². The van der Waals surface area contributed by atoms with Crippen molar-refractivity contribution in [2.24, 2.45) is 5.10 Å². The van der Waals surface area contributed by atoms with Gasteiger partial charge in [0, 0.05) is 41.7 Å². The normalized spacial score (nSPS) is 19.1. The van der Waals surface area contributed by atoms with Gasteiger partial charge >= 0.3 is 7.82 Å². The summed E-state index contributed by atoms with van der Waals surface area (Å²) in [5.41, 5.74) is 0.423. The van der Waals surface area contributed by atoms with Crippen LogP contribution in [-0.2, 0) is 18.3 Å². The number of nitrogens with one attached hydrogen (secondary N) is 1. The van der Waals surface area contributed by atoms with Crippen molar-refractivity contribution in [2.45, 2.75) is 78.2 Å². The van der Waals surface area contributed by atoms with E-state index in [1.165, 1.54) is 34.5 Å². The number of ether oxygens (including phenoxy) is 1. The smallest absolute Gasteiger partial charge is 0.378 e. The maximum Gasteiger partial charge on any atom is 0.474 e. The Hall–Kier alpha value is -3.53. The molecular weight excluding hydrogens is 643 g/mol. The Morgan fingerprint density at radius 3 is 2.70 bits per heavy atom. The summed E-state index contributed by atoms with van der Waals surface area (Å²) >= 11 is 1.17. The minimum Gasteiger partial charge on any atom is -0.378 e. The Morgan fingerprint density at radius 2 is 2.00 bits per heavy atom. The molecule has 1 fully saturated rings. The van der Waals surface area contributed by atoms with Crippen molar-refractivity contribution >= 4 is 36.5 Å².